The molecule has 3 heteroatoms. The first-order chi connectivity index (χ1) is 8.05. The minimum absolute atomic E-state index is 0.0629. The molecule has 17 heavy (non-hydrogen) atoms. The lowest BCUT2D eigenvalue weighted by atomic mass is 9.65. The highest BCUT2D eigenvalue weighted by Gasteiger charge is 2.51. The Bertz CT molecular complexity index is 547. The first-order valence-electron chi connectivity index (χ1n) is 5.98. The van der Waals surface area contributed by atoms with Crippen LogP contribution in [-0.2, 0) is 10.2 Å². The third-order valence-electron chi connectivity index (χ3n) is 4.04. The maximum Gasteiger partial charge on any atom is 0.0615 e. The predicted octanol–water partition coefficient (Wildman–Crippen LogP) is 2.17. The monoisotopic (exact) mass is 230 g/mol. The van der Waals surface area contributed by atoms with Gasteiger partial charge in [0.2, 0.25) is 0 Å². The molecular weight excluding hydrogens is 212 g/mol. The van der Waals surface area contributed by atoms with Gasteiger partial charge in [0.1, 0.15) is 0 Å². The van der Waals surface area contributed by atoms with Gasteiger partial charge in [-0.1, -0.05) is 18.2 Å². The van der Waals surface area contributed by atoms with Gasteiger partial charge in [-0.15, -0.1) is 0 Å². The van der Waals surface area contributed by atoms with Gasteiger partial charge in [0.05, 0.1) is 18.6 Å². The van der Waals surface area contributed by atoms with Crippen molar-refractivity contribution in [2.45, 2.75) is 24.8 Å². The largest absolute Gasteiger partial charge is 0.379 e. The minimum atomic E-state index is -0.282. The maximum absolute atomic E-state index is 6.36. The van der Waals surface area contributed by atoms with Gasteiger partial charge in [0.25, 0.3) is 0 Å². The lowest BCUT2D eigenvalue weighted by molar-refractivity contribution is -0.0911. The molecule has 2 aromatic rings. The van der Waals surface area contributed by atoms with Crippen molar-refractivity contribution in [3.05, 3.63) is 36.0 Å². The summed E-state index contributed by atoms with van der Waals surface area (Å²) < 4.78 is 5.44. The van der Waals surface area contributed by atoms with Gasteiger partial charge >= 0.3 is 0 Å². The van der Waals surface area contributed by atoms with E-state index < -0.39 is 0 Å². The van der Waals surface area contributed by atoms with E-state index in [1.54, 1.807) is 0 Å². The van der Waals surface area contributed by atoms with Crippen molar-refractivity contribution >= 4 is 10.9 Å². The number of rotatable bonds is 2. The van der Waals surface area contributed by atoms with Gasteiger partial charge in [-0.2, -0.15) is 0 Å². The molecule has 0 amide bonds. The van der Waals surface area contributed by atoms with E-state index in [0.29, 0.717) is 13.2 Å². The number of nitrogens with two attached hydrogens (primary N) is 1. The topological polar surface area (TPSA) is 51.0 Å². The molecule has 3 nitrogen and oxygen atoms in total. The molecule has 1 fully saturated rings. The molecule has 2 heterocycles. The predicted molar refractivity (Wildman–Crippen MR) is 69.1 cm³/mol. The summed E-state index contributed by atoms with van der Waals surface area (Å²) in [6, 6.07) is 8.35. The molecule has 0 spiro atoms. The average Bonchev–Trinajstić information content (AvgIpc) is 2.59. The van der Waals surface area contributed by atoms with E-state index in [1.165, 1.54) is 10.9 Å². The fourth-order valence-corrected chi connectivity index (χ4v) is 2.65. The number of aromatic nitrogens is 1. The van der Waals surface area contributed by atoms with Crippen LogP contribution in [0.25, 0.3) is 10.9 Å². The summed E-state index contributed by atoms with van der Waals surface area (Å²) in [5.74, 6) is 0. The lowest BCUT2D eigenvalue weighted by Crippen LogP contribution is -2.64. The molecule has 0 aliphatic carbocycles. The summed E-state index contributed by atoms with van der Waals surface area (Å²) in [6.45, 7) is 5.57. The highest BCUT2D eigenvalue weighted by atomic mass is 16.5. The molecule has 1 saturated heterocycles. The van der Waals surface area contributed by atoms with E-state index in [4.69, 9.17) is 10.5 Å². The smallest absolute Gasteiger partial charge is 0.0615 e. The highest BCUT2D eigenvalue weighted by Crippen LogP contribution is 2.43. The van der Waals surface area contributed by atoms with Crippen LogP contribution in [0.5, 0.6) is 0 Å². The van der Waals surface area contributed by atoms with Crippen LogP contribution in [0.4, 0.5) is 0 Å². The molecular formula is C14H18N2O. The minimum Gasteiger partial charge on any atom is -0.379 e. The van der Waals surface area contributed by atoms with E-state index in [9.17, 15) is 0 Å². The second-order valence-electron chi connectivity index (χ2n) is 5.54. The van der Waals surface area contributed by atoms with E-state index in [1.807, 2.05) is 6.07 Å². The first kappa shape index (κ1) is 10.8. The van der Waals surface area contributed by atoms with Gasteiger partial charge in [0.15, 0.2) is 0 Å². The Balaban J connectivity index is 2.21. The Labute approximate surface area is 101 Å². The zero-order chi connectivity index (χ0) is 12.1. The van der Waals surface area contributed by atoms with Gasteiger partial charge in [-0.05, 0) is 25.5 Å². The summed E-state index contributed by atoms with van der Waals surface area (Å²) >= 11 is 0. The maximum atomic E-state index is 6.36. The normalized spacial score (nSPS) is 19.2. The Morgan fingerprint density at radius 3 is 2.59 bits per heavy atom. The number of H-pyrrole nitrogens is 1. The van der Waals surface area contributed by atoms with E-state index in [0.717, 1.165) is 5.52 Å². The zero-order valence-corrected chi connectivity index (χ0v) is 10.3. The number of fused-ring (bicyclic) bond motifs is 1. The summed E-state index contributed by atoms with van der Waals surface area (Å²) in [5.41, 5.74) is 8.47. The molecule has 0 unspecified atom stereocenters. The Morgan fingerprint density at radius 2 is 2.00 bits per heavy atom. The van der Waals surface area contributed by atoms with Crippen molar-refractivity contribution < 1.29 is 4.74 Å². The van der Waals surface area contributed by atoms with Crippen LogP contribution in [0.15, 0.2) is 30.5 Å². The Morgan fingerprint density at radius 1 is 1.29 bits per heavy atom. The SMILES string of the molecule is CC(C)(N)C1(c2c[nH]c3ccccc23)COC1. The van der Waals surface area contributed by atoms with Gasteiger partial charge in [0, 0.05) is 22.6 Å². The van der Waals surface area contributed by atoms with E-state index in [2.05, 4.69) is 43.2 Å². The van der Waals surface area contributed by atoms with Crippen LogP contribution in [0.1, 0.15) is 19.4 Å². The number of ether oxygens (including phenoxy) is 1. The molecule has 0 bridgehead atoms. The number of hydrogen-bond acceptors (Lipinski definition) is 2. The molecule has 3 rings (SSSR count). The van der Waals surface area contributed by atoms with Crippen LogP contribution >= 0.6 is 0 Å². The number of benzene rings is 1. The van der Waals surface area contributed by atoms with Crippen LogP contribution in [0.3, 0.4) is 0 Å². The van der Waals surface area contributed by atoms with Gasteiger partial charge < -0.3 is 15.5 Å². The molecule has 0 saturated carbocycles. The molecule has 0 atom stereocenters. The number of nitrogens with one attached hydrogen (secondary N) is 1. The van der Waals surface area contributed by atoms with Crippen molar-refractivity contribution in [3.63, 3.8) is 0 Å². The number of hydrogen-bond donors (Lipinski definition) is 2. The fourth-order valence-electron chi connectivity index (χ4n) is 2.65. The standard InChI is InChI=1S/C14H18N2O/c1-13(2,15)14(8-17-9-14)11-7-16-12-6-4-3-5-10(11)12/h3-7,16H,8-9,15H2,1-2H3. The first-order valence-corrected chi connectivity index (χ1v) is 5.98. The average molecular weight is 230 g/mol. The molecule has 3 N–H and O–H groups in total. The second kappa shape index (κ2) is 3.34. The molecule has 90 valence electrons. The third-order valence-corrected chi connectivity index (χ3v) is 4.04. The van der Waals surface area contributed by atoms with Crippen molar-refractivity contribution in [1.29, 1.82) is 0 Å². The molecule has 0 radical (unpaired) electrons. The molecule has 1 aromatic carbocycles. The third kappa shape index (κ3) is 1.36. The number of para-hydroxylation sites is 1. The fraction of sp³-hybridized carbons (Fsp3) is 0.429. The van der Waals surface area contributed by atoms with Crippen molar-refractivity contribution in [2.24, 2.45) is 5.73 Å². The molecule has 1 aliphatic heterocycles. The summed E-state index contributed by atoms with van der Waals surface area (Å²) in [7, 11) is 0. The summed E-state index contributed by atoms with van der Waals surface area (Å²) in [4.78, 5) is 3.32. The van der Waals surface area contributed by atoms with Crippen molar-refractivity contribution in [2.75, 3.05) is 13.2 Å². The summed E-state index contributed by atoms with van der Waals surface area (Å²) in [6.07, 6.45) is 2.09. The highest BCUT2D eigenvalue weighted by molar-refractivity contribution is 5.84. The van der Waals surface area contributed by atoms with Crippen LogP contribution in [0, 0.1) is 0 Å². The number of aromatic amines is 1. The van der Waals surface area contributed by atoms with Crippen LogP contribution < -0.4 is 5.73 Å². The lowest BCUT2D eigenvalue weighted by Gasteiger charge is -2.50. The molecule has 1 aliphatic rings. The van der Waals surface area contributed by atoms with E-state index >= 15 is 0 Å². The summed E-state index contributed by atoms with van der Waals surface area (Å²) in [5, 5.41) is 1.26. The van der Waals surface area contributed by atoms with Crippen molar-refractivity contribution in [3.8, 4) is 0 Å². The Kier molecular flexibility index (Phi) is 2.12. The molecule has 1 aromatic heterocycles. The quantitative estimate of drug-likeness (QED) is 0.830. The van der Waals surface area contributed by atoms with Crippen LogP contribution in [0.2, 0.25) is 0 Å². The zero-order valence-electron chi connectivity index (χ0n) is 10.3. The van der Waals surface area contributed by atoms with Crippen molar-refractivity contribution in [1.82, 2.24) is 4.98 Å². The Hall–Kier alpha value is -1.32. The van der Waals surface area contributed by atoms with Gasteiger partial charge in [-0.25, -0.2) is 0 Å². The second-order valence-corrected chi connectivity index (χ2v) is 5.54. The van der Waals surface area contributed by atoms with Crippen LogP contribution in [-0.4, -0.2) is 23.7 Å². The van der Waals surface area contributed by atoms with E-state index in [-0.39, 0.29) is 11.0 Å². The van der Waals surface area contributed by atoms with Gasteiger partial charge in [-0.3, -0.25) is 0 Å².